The van der Waals surface area contributed by atoms with Gasteiger partial charge in [0.05, 0.1) is 6.20 Å². The molecule has 24 heavy (non-hydrogen) atoms. The van der Waals surface area contributed by atoms with E-state index in [9.17, 15) is 4.79 Å². The molecule has 0 bridgehead atoms. The van der Waals surface area contributed by atoms with Crippen LogP contribution < -0.4 is 4.90 Å². The quantitative estimate of drug-likeness (QED) is 0.706. The van der Waals surface area contributed by atoms with Crippen molar-refractivity contribution in [3.63, 3.8) is 0 Å². The van der Waals surface area contributed by atoms with E-state index >= 15 is 0 Å². The minimum absolute atomic E-state index is 0.0162. The van der Waals surface area contributed by atoms with E-state index in [4.69, 9.17) is 27.9 Å². The lowest BCUT2D eigenvalue weighted by molar-refractivity contribution is 0.0273. The van der Waals surface area contributed by atoms with Crippen molar-refractivity contribution in [3.05, 3.63) is 16.5 Å². The Balaban J connectivity index is 1.71. The van der Waals surface area contributed by atoms with Crippen molar-refractivity contribution in [2.24, 2.45) is 11.3 Å². The molecule has 3 heterocycles. The van der Waals surface area contributed by atoms with Gasteiger partial charge in [0.25, 0.3) is 0 Å². The van der Waals surface area contributed by atoms with Crippen molar-refractivity contribution in [1.82, 2.24) is 14.9 Å². The number of nitrogens with zero attached hydrogens (tertiary/aromatic N) is 4. The third kappa shape index (κ3) is 3.40. The summed E-state index contributed by atoms with van der Waals surface area (Å²) in [7, 11) is 0. The van der Waals surface area contributed by atoms with E-state index in [2.05, 4.69) is 21.8 Å². The highest BCUT2D eigenvalue weighted by Crippen LogP contribution is 2.44. The van der Waals surface area contributed by atoms with Gasteiger partial charge in [0, 0.05) is 37.5 Å². The fraction of sp³-hybridized carbons (Fsp3) is 0.688. The Morgan fingerprint density at radius 3 is 2.67 bits per heavy atom. The Hall–Kier alpha value is -1.27. The normalized spacial score (nSPS) is 26.7. The second-order valence-corrected chi connectivity index (χ2v) is 8.65. The zero-order valence-corrected chi connectivity index (χ0v) is 15.9. The maximum absolute atomic E-state index is 12.3. The lowest BCUT2D eigenvalue weighted by Crippen LogP contribution is -2.39. The first-order valence-corrected chi connectivity index (χ1v) is 8.74. The van der Waals surface area contributed by atoms with Crippen molar-refractivity contribution in [1.29, 1.82) is 0 Å². The van der Waals surface area contributed by atoms with E-state index in [1.165, 1.54) is 6.20 Å². The van der Waals surface area contributed by atoms with Crippen LogP contribution in [0.1, 0.15) is 27.7 Å². The Morgan fingerprint density at radius 1 is 1.33 bits per heavy atom. The Morgan fingerprint density at radius 2 is 2.04 bits per heavy atom. The predicted octanol–water partition coefficient (Wildman–Crippen LogP) is 3.48. The molecular formula is C16H22Cl2N4O2. The summed E-state index contributed by atoms with van der Waals surface area (Å²) in [5, 5.41) is 0.680. The Labute approximate surface area is 152 Å². The van der Waals surface area contributed by atoms with Crippen molar-refractivity contribution in [2.45, 2.75) is 33.3 Å². The monoisotopic (exact) mass is 372 g/mol. The lowest BCUT2D eigenvalue weighted by atomic mass is 9.83. The van der Waals surface area contributed by atoms with Crippen molar-refractivity contribution < 1.29 is 9.53 Å². The van der Waals surface area contributed by atoms with Crippen LogP contribution in [0.3, 0.4) is 0 Å². The molecule has 8 heteroatoms. The molecular weight excluding hydrogens is 351 g/mol. The summed E-state index contributed by atoms with van der Waals surface area (Å²) in [5.74, 6) is 1.01. The van der Waals surface area contributed by atoms with Crippen LogP contribution in [0.4, 0.5) is 10.6 Å². The average Bonchev–Trinajstić information content (AvgIpc) is 2.91. The van der Waals surface area contributed by atoms with E-state index in [0.717, 1.165) is 13.1 Å². The number of carbonyl (C=O) groups excluding carboxylic acids is 1. The van der Waals surface area contributed by atoms with Crippen molar-refractivity contribution in [2.75, 3.05) is 31.1 Å². The van der Waals surface area contributed by atoms with Gasteiger partial charge in [0.15, 0.2) is 5.82 Å². The number of likely N-dealkylation sites (tertiary alicyclic amines) is 1. The fourth-order valence-electron chi connectivity index (χ4n) is 3.53. The van der Waals surface area contributed by atoms with E-state index in [1.807, 2.05) is 25.7 Å². The summed E-state index contributed by atoms with van der Waals surface area (Å²) in [4.78, 5) is 24.4. The Kier molecular flexibility index (Phi) is 4.33. The van der Waals surface area contributed by atoms with Crippen LogP contribution >= 0.6 is 23.2 Å². The number of aromatic nitrogens is 2. The molecule has 1 aromatic heterocycles. The first-order chi connectivity index (χ1) is 11.1. The van der Waals surface area contributed by atoms with Crippen LogP contribution in [0.5, 0.6) is 0 Å². The number of amides is 1. The van der Waals surface area contributed by atoms with E-state index in [0.29, 0.717) is 29.8 Å². The molecule has 3 rings (SSSR count). The molecule has 2 aliphatic heterocycles. The number of fused-ring (bicyclic) bond motifs is 1. The van der Waals surface area contributed by atoms with Gasteiger partial charge in [0.1, 0.15) is 10.6 Å². The molecule has 132 valence electrons. The summed E-state index contributed by atoms with van der Waals surface area (Å²) in [6.07, 6.45) is 1.28. The van der Waals surface area contributed by atoms with Gasteiger partial charge in [-0.1, -0.05) is 18.5 Å². The highest BCUT2D eigenvalue weighted by Gasteiger charge is 2.51. The van der Waals surface area contributed by atoms with Gasteiger partial charge in [0.2, 0.25) is 5.28 Å². The minimum atomic E-state index is -0.479. The van der Waals surface area contributed by atoms with Crippen LogP contribution in [0, 0.1) is 11.3 Å². The smallest absolute Gasteiger partial charge is 0.410 e. The zero-order chi connectivity index (χ0) is 17.7. The summed E-state index contributed by atoms with van der Waals surface area (Å²) >= 11 is 12.1. The van der Waals surface area contributed by atoms with Crippen molar-refractivity contribution >= 4 is 35.1 Å². The summed E-state index contributed by atoms with van der Waals surface area (Å²) in [6, 6.07) is 0. The number of hydrogen-bond acceptors (Lipinski definition) is 5. The zero-order valence-electron chi connectivity index (χ0n) is 14.3. The largest absolute Gasteiger partial charge is 0.444 e. The maximum Gasteiger partial charge on any atom is 0.410 e. The molecule has 6 nitrogen and oxygen atoms in total. The molecule has 2 fully saturated rings. The number of carbonyl (C=O) groups is 1. The van der Waals surface area contributed by atoms with Crippen LogP contribution in [-0.4, -0.2) is 52.7 Å². The molecule has 0 unspecified atom stereocenters. The van der Waals surface area contributed by atoms with Gasteiger partial charge >= 0.3 is 6.09 Å². The third-order valence-corrected chi connectivity index (χ3v) is 5.07. The molecule has 2 atom stereocenters. The highest BCUT2D eigenvalue weighted by atomic mass is 35.5. The third-order valence-electron chi connectivity index (χ3n) is 4.62. The molecule has 0 N–H and O–H groups in total. The second-order valence-electron chi connectivity index (χ2n) is 7.90. The van der Waals surface area contributed by atoms with E-state index < -0.39 is 5.60 Å². The number of rotatable bonds is 1. The number of halogens is 2. The van der Waals surface area contributed by atoms with Gasteiger partial charge in [-0.15, -0.1) is 0 Å². The first kappa shape index (κ1) is 17.5. The van der Waals surface area contributed by atoms with Crippen LogP contribution in [0.2, 0.25) is 10.3 Å². The number of hydrogen-bond donors (Lipinski definition) is 0. The average molecular weight is 373 g/mol. The standard InChI is InChI=1S/C16H22Cl2N4O2/c1-15(2,3)24-14(23)22-7-10-6-21(8-16(10,4)9-22)12-11(17)5-19-13(18)20-12/h5,10H,6-9H2,1-4H3/t10-,16+/m0/s1. The van der Waals surface area contributed by atoms with Gasteiger partial charge in [-0.05, 0) is 32.4 Å². The molecule has 2 saturated heterocycles. The molecule has 0 aromatic carbocycles. The van der Waals surface area contributed by atoms with Crippen LogP contribution in [-0.2, 0) is 4.74 Å². The fourth-order valence-corrected chi connectivity index (χ4v) is 3.87. The summed E-state index contributed by atoms with van der Waals surface area (Å²) in [6.45, 7) is 10.7. The van der Waals surface area contributed by atoms with Crippen LogP contribution in [0.25, 0.3) is 0 Å². The molecule has 1 aromatic rings. The van der Waals surface area contributed by atoms with Gasteiger partial charge in [-0.25, -0.2) is 9.78 Å². The topological polar surface area (TPSA) is 58.6 Å². The molecule has 0 saturated carbocycles. The minimum Gasteiger partial charge on any atom is -0.444 e. The molecule has 0 aliphatic carbocycles. The molecule has 0 spiro atoms. The first-order valence-electron chi connectivity index (χ1n) is 7.98. The maximum atomic E-state index is 12.3. The Bertz CT molecular complexity index is 664. The highest BCUT2D eigenvalue weighted by molar-refractivity contribution is 6.33. The summed E-state index contributed by atoms with van der Waals surface area (Å²) in [5.41, 5.74) is -0.495. The molecule has 1 amide bonds. The SMILES string of the molecule is CC(C)(C)OC(=O)N1C[C@@H]2CN(c3nc(Cl)ncc3Cl)C[C@]2(C)C1. The van der Waals surface area contributed by atoms with Gasteiger partial charge in [-0.2, -0.15) is 4.98 Å². The lowest BCUT2D eigenvalue weighted by Gasteiger charge is -2.28. The number of anilines is 1. The summed E-state index contributed by atoms with van der Waals surface area (Å²) < 4.78 is 5.49. The van der Waals surface area contributed by atoms with E-state index in [1.54, 1.807) is 0 Å². The molecule has 0 radical (unpaired) electrons. The predicted molar refractivity (Wildman–Crippen MR) is 93.7 cm³/mol. The molecule has 2 aliphatic rings. The number of ether oxygens (including phenoxy) is 1. The van der Waals surface area contributed by atoms with E-state index in [-0.39, 0.29) is 16.8 Å². The second kappa shape index (κ2) is 5.92. The van der Waals surface area contributed by atoms with Crippen molar-refractivity contribution in [3.8, 4) is 0 Å². The van der Waals surface area contributed by atoms with Gasteiger partial charge < -0.3 is 14.5 Å². The van der Waals surface area contributed by atoms with Gasteiger partial charge in [-0.3, -0.25) is 0 Å². The van der Waals surface area contributed by atoms with Crippen LogP contribution in [0.15, 0.2) is 6.20 Å².